The number of aldehydes is 1. The first kappa shape index (κ1) is 42.5. The number of carbonyl (C=O) groups is 2. The number of ether oxygens (including phenoxy) is 1. The van der Waals surface area contributed by atoms with Crippen LogP contribution in [-0.2, 0) is 20.7 Å². The smallest absolute Gasteiger partial charge is 0.331 e. The van der Waals surface area contributed by atoms with E-state index in [0.717, 1.165) is 67.9 Å². The van der Waals surface area contributed by atoms with Crippen LogP contribution in [0, 0.1) is 87.3 Å². The van der Waals surface area contributed by atoms with Crippen LogP contribution < -0.4 is 5.32 Å². The summed E-state index contributed by atoms with van der Waals surface area (Å²) in [6.07, 6.45) is 16.9. The van der Waals surface area contributed by atoms with Crippen LogP contribution >= 0.6 is 0 Å². The number of hydrogen-bond donors (Lipinski definition) is 7. The van der Waals surface area contributed by atoms with E-state index in [2.05, 4.69) is 35.4 Å². The molecule has 12 rings (SSSR count). The number of benzene rings is 1. The molecule has 10 aliphatic carbocycles. The van der Waals surface area contributed by atoms with Crippen molar-refractivity contribution < 1.29 is 45.0 Å². The fraction of sp³-hybridized carbons (Fsp3) is 0.741. The van der Waals surface area contributed by atoms with Crippen molar-refractivity contribution in [3.63, 3.8) is 0 Å². The molecule has 1 aromatic carbocycles. The van der Waals surface area contributed by atoms with Gasteiger partial charge in [0.1, 0.15) is 23.6 Å². The maximum atomic E-state index is 14.8. The molecule has 7 N–H and O–H groups in total. The van der Waals surface area contributed by atoms with Gasteiger partial charge in [0.25, 0.3) is 0 Å². The van der Waals surface area contributed by atoms with Crippen molar-refractivity contribution in [2.45, 2.75) is 163 Å². The molecule has 11 aliphatic rings. The molecule has 64 heavy (non-hydrogen) atoms. The second-order valence-electron chi connectivity index (χ2n) is 23.4. The largest absolute Gasteiger partial charge is 0.454 e. The second-order valence-corrected chi connectivity index (χ2v) is 23.4. The number of hydrogen-bond acceptors (Lipinski definition) is 10. The third-order valence-electron chi connectivity index (χ3n) is 21.7. The zero-order valence-electron chi connectivity index (χ0n) is 37.3. The fourth-order valence-electron chi connectivity index (χ4n) is 19.5. The number of aliphatic hydroxyl groups excluding tert-OH is 3. The van der Waals surface area contributed by atoms with Gasteiger partial charge in [-0.05, 0) is 135 Å². The van der Waals surface area contributed by atoms with Crippen molar-refractivity contribution in [3.05, 3.63) is 59.2 Å². The Hall–Kier alpha value is -2.88. The Morgan fingerprint density at radius 2 is 1.64 bits per heavy atom. The molecule has 1 aliphatic heterocycles. The summed E-state index contributed by atoms with van der Waals surface area (Å²) < 4.78 is 6.25. The highest BCUT2D eigenvalue weighted by molar-refractivity contribution is 5.86. The van der Waals surface area contributed by atoms with Gasteiger partial charge >= 0.3 is 5.97 Å². The molecule has 8 fully saturated rings. The monoisotopic (exact) mass is 875 g/mol. The van der Waals surface area contributed by atoms with Gasteiger partial charge in [-0.15, -0.1) is 0 Å². The van der Waals surface area contributed by atoms with E-state index in [-0.39, 0.29) is 61.6 Å². The zero-order chi connectivity index (χ0) is 44.0. The van der Waals surface area contributed by atoms with Crippen molar-refractivity contribution >= 4 is 12.3 Å². The first-order valence-corrected chi connectivity index (χ1v) is 25.4. The summed E-state index contributed by atoms with van der Waals surface area (Å²) in [5.74, 6) is 3.97. The molecule has 0 saturated heterocycles. The quantitative estimate of drug-likeness (QED) is 0.0693. The zero-order valence-corrected chi connectivity index (χ0v) is 37.3. The molecule has 18 atom stereocenters. The van der Waals surface area contributed by atoms with E-state index < -0.39 is 75.1 Å². The van der Waals surface area contributed by atoms with Gasteiger partial charge in [-0.25, -0.2) is 4.79 Å². The molecule has 1 heterocycles. The number of aliphatic hydroxyl groups is 6. The number of allylic oxidation sites excluding steroid dienone is 2. The van der Waals surface area contributed by atoms with Crippen LogP contribution in [0.25, 0.3) is 0 Å². The van der Waals surface area contributed by atoms with Crippen LogP contribution in [0.15, 0.2) is 48.1 Å². The Labute approximate surface area is 377 Å². The summed E-state index contributed by atoms with van der Waals surface area (Å²) in [4.78, 5) is 28.4. The molecule has 4 bridgehead atoms. The van der Waals surface area contributed by atoms with Crippen molar-refractivity contribution in [2.75, 3.05) is 6.73 Å². The lowest BCUT2D eigenvalue weighted by Gasteiger charge is -2.74. The predicted molar refractivity (Wildman–Crippen MR) is 236 cm³/mol. The van der Waals surface area contributed by atoms with Crippen LogP contribution in [0.5, 0.6) is 0 Å². The SMILES string of the molecule is O=CC12CC3(CCCC3)C(O)C3CC4C=CCC(C5CCCC5)C4CC(C(O)C4(O)C1CCC15CCC#Cc6ccccc6CC(NCO)C6CC(CC14O)C5C1=CC(=O)OC16)C32O. The van der Waals surface area contributed by atoms with E-state index in [1.807, 2.05) is 18.2 Å². The lowest BCUT2D eigenvalue weighted by molar-refractivity contribution is -0.383. The minimum atomic E-state index is -2.21. The van der Waals surface area contributed by atoms with Crippen LogP contribution in [0.2, 0.25) is 0 Å². The van der Waals surface area contributed by atoms with Crippen LogP contribution in [0.1, 0.15) is 127 Å². The molecule has 0 amide bonds. The molecule has 10 heteroatoms. The minimum absolute atomic E-state index is 0.0541. The summed E-state index contributed by atoms with van der Waals surface area (Å²) in [5.41, 5.74) is -6.45. The van der Waals surface area contributed by atoms with E-state index in [0.29, 0.717) is 56.8 Å². The topological polar surface area (TPSA) is 177 Å². The number of rotatable bonds is 4. The van der Waals surface area contributed by atoms with Crippen molar-refractivity contribution in [1.29, 1.82) is 0 Å². The van der Waals surface area contributed by atoms with E-state index in [1.165, 1.54) is 12.8 Å². The summed E-state index contributed by atoms with van der Waals surface area (Å²) in [7, 11) is 0. The van der Waals surface area contributed by atoms with Gasteiger partial charge in [0.15, 0.2) is 0 Å². The Morgan fingerprint density at radius 1 is 0.859 bits per heavy atom. The summed E-state index contributed by atoms with van der Waals surface area (Å²) in [5, 5.41) is 83.4. The van der Waals surface area contributed by atoms with E-state index in [4.69, 9.17) is 4.74 Å². The van der Waals surface area contributed by atoms with Crippen molar-refractivity contribution in [1.82, 2.24) is 5.32 Å². The molecule has 18 unspecified atom stereocenters. The summed E-state index contributed by atoms with van der Waals surface area (Å²) in [6.45, 7) is -0.279. The first-order valence-electron chi connectivity index (χ1n) is 25.4. The van der Waals surface area contributed by atoms with Gasteiger partial charge in [0.2, 0.25) is 0 Å². The molecular weight excluding hydrogens is 807 g/mol. The molecule has 0 radical (unpaired) electrons. The predicted octanol–water partition coefficient (Wildman–Crippen LogP) is 5.29. The number of esters is 1. The average Bonchev–Trinajstić information content (AvgIpc) is 4.10. The number of nitrogens with one attached hydrogen (secondary N) is 1. The Bertz CT molecular complexity index is 2200. The third-order valence-corrected chi connectivity index (χ3v) is 21.7. The molecule has 344 valence electrons. The van der Waals surface area contributed by atoms with Crippen LogP contribution in [0.4, 0.5) is 0 Å². The first-order chi connectivity index (χ1) is 30.9. The van der Waals surface area contributed by atoms with E-state index in [9.17, 15) is 40.2 Å². The highest BCUT2D eigenvalue weighted by atomic mass is 16.5. The van der Waals surface area contributed by atoms with E-state index in [1.54, 1.807) is 6.08 Å². The average molecular weight is 876 g/mol. The van der Waals surface area contributed by atoms with Gasteiger partial charge in [0.05, 0.1) is 30.0 Å². The Morgan fingerprint density at radius 3 is 2.42 bits per heavy atom. The molecule has 2 spiro atoms. The number of carbonyl (C=O) groups excluding carboxylic acids is 2. The van der Waals surface area contributed by atoms with Crippen molar-refractivity contribution in [3.8, 4) is 11.8 Å². The van der Waals surface area contributed by atoms with Gasteiger partial charge in [-0.3, -0.25) is 5.32 Å². The molecular formula is C54H69NO9. The molecule has 8 saturated carbocycles. The maximum absolute atomic E-state index is 14.8. The third kappa shape index (κ3) is 5.30. The Balaban J connectivity index is 1.05. The lowest BCUT2D eigenvalue weighted by Crippen LogP contribution is -2.86. The highest BCUT2D eigenvalue weighted by Crippen LogP contribution is 2.79. The Kier molecular flexibility index (Phi) is 9.83. The van der Waals surface area contributed by atoms with Crippen LogP contribution in [0.3, 0.4) is 0 Å². The number of fused-ring (bicyclic) bond motifs is 8. The molecule has 10 nitrogen and oxygen atoms in total. The lowest BCUT2D eigenvalue weighted by atomic mass is 9.33. The van der Waals surface area contributed by atoms with Crippen molar-refractivity contribution in [2.24, 2.45) is 75.4 Å². The normalized spacial score (nSPS) is 50.7. The summed E-state index contributed by atoms with van der Waals surface area (Å²) >= 11 is 0. The van der Waals surface area contributed by atoms with Gasteiger partial charge in [-0.1, -0.05) is 80.7 Å². The van der Waals surface area contributed by atoms with Crippen LogP contribution in [-0.4, -0.2) is 90.8 Å². The van der Waals surface area contributed by atoms with Gasteiger partial charge in [-0.2, -0.15) is 0 Å². The minimum Gasteiger partial charge on any atom is -0.454 e. The maximum Gasteiger partial charge on any atom is 0.331 e. The standard InChI is InChI=1S/C54H69NO9/c56-29-51-28-49(18-7-8-19-49)47(59)40-23-34-15-9-16-36(32-12-2-3-13-32)37(34)25-41(53(40,51)62)48(60)54(63)43(51)17-21-50-20-6-5-11-31-10-1-4-14-33(31)24-42(55-30-57)38-22-35(27-52(50,54)61)45(50)39-26-44(58)64-46(38)39/h1,4,9-10,14-15,26,29,32,34-38,40-43,45-48,55,57,59-63H,2-3,6-8,12-13,16-25,27-28,30H2. The van der Waals surface area contributed by atoms with Gasteiger partial charge in [0, 0.05) is 53.2 Å². The fourth-order valence-corrected chi connectivity index (χ4v) is 19.5. The summed E-state index contributed by atoms with van der Waals surface area (Å²) in [6, 6.07) is 7.72. The van der Waals surface area contributed by atoms with E-state index >= 15 is 0 Å². The molecule has 1 aromatic rings. The molecule has 0 aromatic heterocycles. The van der Waals surface area contributed by atoms with Gasteiger partial charge < -0.3 is 40.2 Å². The highest BCUT2D eigenvalue weighted by Gasteiger charge is 2.86. The second kappa shape index (κ2) is 14.8.